The standard InChI is InChI=1S/C24H31F2N3O2/c1-6-7-12-29(21(30)13-24(3,4)5)23(31)28-16(2)17-8-10-18(11-9-17)22-19(25)14-27-15-20(22)26/h8-11,14-16H,6-7,12-13H2,1-5H3,(H,28,31). The lowest BCUT2D eigenvalue weighted by molar-refractivity contribution is -0.130. The second kappa shape index (κ2) is 10.5. The first-order valence-corrected chi connectivity index (χ1v) is 10.5. The molecule has 0 radical (unpaired) electrons. The van der Waals surface area contributed by atoms with E-state index in [1.807, 2.05) is 27.7 Å². The van der Waals surface area contributed by atoms with Gasteiger partial charge in [0, 0.05) is 13.0 Å². The maximum absolute atomic E-state index is 14.0. The highest BCUT2D eigenvalue weighted by Crippen LogP contribution is 2.27. The third-order valence-corrected chi connectivity index (χ3v) is 4.86. The first kappa shape index (κ1) is 24.4. The number of halogens is 2. The Morgan fingerprint density at radius 3 is 2.19 bits per heavy atom. The number of pyridine rings is 1. The summed E-state index contributed by atoms with van der Waals surface area (Å²) >= 11 is 0. The number of hydrogen-bond donors (Lipinski definition) is 1. The van der Waals surface area contributed by atoms with Crippen LogP contribution in [0.2, 0.25) is 0 Å². The van der Waals surface area contributed by atoms with Crippen molar-refractivity contribution < 1.29 is 18.4 Å². The van der Waals surface area contributed by atoms with Gasteiger partial charge in [0.15, 0.2) is 11.6 Å². The van der Waals surface area contributed by atoms with Gasteiger partial charge in [-0.2, -0.15) is 0 Å². The van der Waals surface area contributed by atoms with Crippen LogP contribution < -0.4 is 5.32 Å². The van der Waals surface area contributed by atoms with Crippen LogP contribution in [0.15, 0.2) is 36.7 Å². The van der Waals surface area contributed by atoms with E-state index < -0.39 is 17.7 Å². The van der Waals surface area contributed by atoms with Gasteiger partial charge in [-0.1, -0.05) is 58.4 Å². The van der Waals surface area contributed by atoms with Crippen molar-refractivity contribution in [3.8, 4) is 11.1 Å². The zero-order valence-corrected chi connectivity index (χ0v) is 18.8. The summed E-state index contributed by atoms with van der Waals surface area (Å²) in [6.45, 7) is 10.0. The van der Waals surface area contributed by atoms with Crippen molar-refractivity contribution in [3.05, 3.63) is 53.9 Å². The van der Waals surface area contributed by atoms with Crippen LogP contribution in [-0.4, -0.2) is 28.4 Å². The lowest BCUT2D eigenvalue weighted by atomic mass is 9.91. The summed E-state index contributed by atoms with van der Waals surface area (Å²) in [4.78, 5) is 30.3. The summed E-state index contributed by atoms with van der Waals surface area (Å²) in [5.41, 5.74) is 0.771. The molecule has 0 saturated carbocycles. The highest BCUT2D eigenvalue weighted by molar-refractivity contribution is 5.94. The van der Waals surface area contributed by atoms with Crippen molar-refractivity contribution in [1.29, 1.82) is 0 Å². The molecule has 0 aliphatic heterocycles. The number of aromatic nitrogens is 1. The molecule has 2 aromatic rings. The highest BCUT2D eigenvalue weighted by atomic mass is 19.1. The number of nitrogens with zero attached hydrogens (tertiary/aromatic N) is 2. The number of hydrogen-bond acceptors (Lipinski definition) is 3. The average molecular weight is 432 g/mol. The lowest BCUT2D eigenvalue weighted by Gasteiger charge is -2.27. The SMILES string of the molecule is CCCCN(C(=O)CC(C)(C)C)C(=O)NC(C)c1ccc(-c2c(F)cncc2F)cc1. The molecule has 5 nitrogen and oxygen atoms in total. The molecular formula is C24H31F2N3O2. The maximum atomic E-state index is 14.0. The van der Waals surface area contributed by atoms with Crippen molar-refractivity contribution in [2.75, 3.05) is 6.54 Å². The largest absolute Gasteiger partial charge is 0.331 e. The summed E-state index contributed by atoms with van der Waals surface area (Å²) < 4.78 is 27.9. The third-order valence-electron chi connectivity index (χ3n) is 4.86. The molecule has 1 aromatic heterocycles. The molecule has 31 heavy (non-hydrogen) atoms. The normalized spacial score (nSPS) is 12.4. The Morgan fingerprint density at radius 2 is 1.68 bits per heavy atom. The zero-order valence-electron chi connectivity index (χ0n) is 18.8. The van der Waals surface area contributed by atoms with E-state index in [2.05, 4.69) is 10.3 Å². The Balaban J connectivity index is 2.13. The molecule has 1 atom stereocenters. The number of urea groups is 1. The van der Waals surface area contributed by atoms with E-state index >= 15 is 0 Å². The van der Waals surface area contributed by atoms with E-state index in [9.17, 15) is 18.4 Å². The molecule has 2 rings (SSSR count). The predicted octanol–water partition coefficient (Wildman–Crippen LogP) is 5.86. The fraction of sp³-hybridized carbons (Fsp3) is 0.458. The minimum absolute atomic E-state index is 0.142. The number of amides is 3. The monoisotopic (exact) mass is 431 g/mol. The smallest absolute Gasteiger partial charge is 0.324 e. The fourth-order valence-electron chi connectivity index (χ4n) is 3.18. The average Bonchev–Trinajstić information content (AvgIpc) is 2.67. The highest BCUT2D eigenvalue weighted by Gasteiger charge is 2.26. The van der Waals surface area contributed by atoms with Crippen LogP contribution in [0.4, 0.5) is 13.6 Å². The van der Waals surface area contributed by atoms with Gasteiger partial charge in [-0.3, -0.25) is 14.7 Å². The van der Waals surface area contributed by atoms with Gasteiger partial charge in [-0.15, -0.1) is 0 Å². The van der Waals surface area contributed by atoms with Crippen LogP contribution in [0.1, 0.15) is 65.5 Å². The minimum Gasteiger partial charge on any atom is -0.331 e. The van der Waals surface area contributed by atoms with Crippen molar-refractivity contribution in [2.45, 2.75) is 59.9 Å². The Kier molecular flexibility index (Phi) is 8.25. The molecular weight excluding hydrogens is 400 g/mol. The molecule has 0 bridgehead atoms. The number of nitrogens with one attached hydrogen (secondary N) is 1. The van der Waals surface area contributed by atoms with E-state index in [-0.39, 0.29) is 29.3 Å². The lowest BCUT2D eigenvalue weighted by Crippen LogP contribution is -2.46. The molecule has 0 fully saturated rings. The van der Waals surface area contributed by atoms with E-state index in [0.717, 1.165) is 30.8 Å². The fourth-order valence-corrected chi connectivity index (χ4v) is 3.18. The van der Waals surface area contributed by atoms with Crippen molar-refractivity contribution in [3.63, 3.8) is 0 Å². The van der Waals surface area contributed by atoms with Gasteiger partial charge in [0.2, 0.25) is 5.91 Å². The topological polar surface area (TPSA) is 62.3 Å². The molecule has 0 aliphatic carbocycles. The van der Waals surface area contributed by atoms with Crippen LogP contribution in [0.25, 0.3) is 11.1 Å². The second-order valence-electron chi connectivity index (χ2n) is 8.91. The number of imide groups is 1. The maximum Gasteiger partial charge on any atom is 0.324 e. The zero-order chi connectivity index (χ0) is 23.2. The summed E-state index contributed by atoms with van der Waals surface area (Å²) in [6.07, 6.45) is 3.81. The van der Waals surface area contributed by atoms with Crippen LogP contribution in [0, 0.1) is 17.0 Å². The Labute approximate surface area is 182 Å². The van der Waals surface area contributed by atoms with Crippen molar-refractivity contribution in [2.24, 2.45) is 5.41 Å². The molecule has 0 aliphatic rings. The molecule has 1 N–H and O–H groups in total. The van der Waals surface area contributed by atoms with Crippen molar-refractivity contribution in [1.82, 2.24) is 15.2 Å². The Hall–Kier alpha value is -2.83. The number of carbonyl (C=O) groups excluding carboxylic acids is 2. The molecule has 1 aromatic carbocycles. The van der Waals surface area contributed by atoms with Gasteiger partial charge in [0.25, 0.3) is 0 Å². The molecule has 1 heterocycles. The first-order chi connectivity index (χ1) is 14.5. The molecule has 168 valence electrons. The number of unbranched alkanes of at least 4 members (excludes halogenated alkanes) is 1. The Bertz CT molecular complexity index is 888. The van der Waals surface area contributed by atoms with Crippen LogP contribution in [-0.2, 0) is 4.79 Å². The van der Waals surface area contributed by atoms with Gasteiger partial charge in [-0.25, -0.2) is 13.6 Å². The van der Waals surface area contributed by atoms with E-state index in [1.165, 1.54) is 4.90 Å². The van der Waals surface area contributed by atoms with Gasteiger partial charge in [0.05, 0.1) is 24.0 Å². The number of rotatable bonds is 7. The predicted molar refractivity (Wildman–Crippen MR) is 117 cm³/mol. The minimum atomic E-state index is -0.738. The van der Waals surface area contributed by atoms with Gasteiger partial charge < -0.3 is 5.32 Å². The van der Waals surface area contributed by atoms with Crippen LogP contribution in [0.3, 0.4) is 0 Å². The summed E-state index contributed by atoms with van der Waals surface area (Å²) in [6, 6.07) is 5.77. The number of carbonyl (C=O) groups is 2. The summed E-state index contributed by atoms with van der Waals surface area (Å²) in [7, 11) is 0. The first-order valence-electron chi connectivity index (χ1n) is 10.5. The van der Waals surface area contributed by atoms with Gasteiger partial charge in [-0.05, 0) is 29.9 Å². The second-order valence-corrected chi connectivity index (χ2v) is 8.91. The quantitative estimate of drug-likeness (QED) is 0.597. The molecule has 0 spiro atoms. The van der Waals surface area contributed by atoms with E-state index in [4.69, 9.17) is 0 Å². The van der Waals surface area contributed by atoms with E-state index in [1.54, 1.807) is 31.2 Å². The van der Waals surface area contributed by atoms with Gasteiger partial charge >= 0.3 is 6.03 Å². The van der Waals surface area contributed by atoms with Gasteiger partial charge in [0.1, 0.15) is 0 Å². The molecule has 7 heteroatoms. The van der Waals surface area contributed by atoms with E-state index in [0.29, 0.717) is 12.1 Å². The molecule has 3 amide bonds. The van der Waals surface area contributed by atoms with Crippen molar-refractivity contribution >= 4 is 11.9 Å². The molecule has 1 unspecified atom stereocenters. The Morgan fingerprint density at radius 1 is 1.10 bits per heavy atom. The molecule has 0 saturated heterocycles. The third kappa shape index (κ3) is 6.84. The summed E-state index contributed by atoms with van der Waals surface area (Å²) in [5, 5.41) is 2.86. The number of benzene rings is 1. The van der Waals surface area contributed by atoms with Crippen LogP contribution in [0.5, 0.6) is 0 Å². The summed E-state index contributed by atoms with van der Waals surface area (Å²) in [5.74, 6) is -1.68. The van der Waals surface area contributed by atoms with Crippen LogP contribution >= 0.6 is 0 Å².